The molecule has 0 spiro atoms. The molecule has 9 nitrogen and oxygen atoms in total. The molecule has 0 radical (unpaired) electrons. The highest BCUT2D eigenvalue weighted by atomic mass is 79.9. The zero-order valence-corrected chi connectivity index (χ0v) is 21.8. The molecule has 0 aliphatic carbocycles. The van der Waals surface area contributed by atoms with E-state index in [1.54, 1.807) is 46.0 Å². The van der Waals surface area contributed by atoms with Gasteiger partial charge in [-0.25, -0.2) is 9.50 Å². The van der Waals surface area contributed by atoms with Crippen LogP contribution < -0.4 is 5.32 Å². The molecule has 0 fully saturated rings. The van der Waals surface area contributed by atoms with Crippen LogP contribution in [0.3, 0.4) is 0 Å². The van der Waals surface area contributed by atoms with E-state index in [9.17, 15) is 4.79 Å². The third kappa shape index (κ3) is 4.56. The lowest BCUT2D eigenvalue weighted by atomic mass is 10.2. The molecular formula is C23H19BrCl2N8O. The number of rotatable bonds is 6. The number of hydrogen-bond donors (Lipinski definition) is 1. The Kier molecular flexibility index (Phi) is 6.35. The first-order valence-corrected chi connectivity index (χ1v) is 12.2. The second-order valence-electron chi connectivity index (χ2n) is 7.80. The Morgan fingerprint density at radius 2 is 2.00 bits per heavy atom. The van der Waals surface area contributed by atoms with Gasteiger partial charge in [-0.05, 0) is 53.5 Å². The van der Waals surface area contributed by atoms with Crippen LogP contribution in [0.4, 0.5) is 5.82 Å². The molecular weight excluding hydrogens is 555 g/mol. The number of nitrogens with zero attached hydrogens (tertiary/aromatic N) is 7. The van der Waals surface area contributed by atoms with Gasteiger partial charge in [-0.1, -0.05) is 29.3 Å². The maximum Gasteiger partial charge on any atom is 0.277 e. The Labute approximate surface area is 218 Å². The summed E-state index contributed by atoms with van der Waals surface area (Å²) in [6, 6.07) is 8.78. The van der Waals surface area contributed by atoms with Gasteiger partial charge < -0.3 is 5.32 Å². The molecule has 178 valence electrons. The molecule has 0 saturated carbocycles. The molecule has 1 aromatic carbocycles. The first kappa shape index (κ1) is 23.5. The fourth-order valence-electron chi connectivity index (χ4n) is 3.79. The van der Waals surface area contributed by atoms with Crippen molar-refractivity contribution in [1.82, 2.24) is 34.2 Å². The third-order valence-electron chi connectivity index (χ3n) is 5.57. The van der Waals surface area contributed by atoms with Crippen molar-refractivity contribution in [2.75, 3.05) is 5.32 Å². The van der Waals surface area contributed by atoms with Gasteiger partial charge in [-0.15, -0.1) is 0 Å². The molecule has 5 aromatic rings. The smallest absolute Gasteiger partial charge is 0.277 e. The van der Waals surface area contributed by atoms with Gasteiger partial charge in [-0.2, -0.15) is 15.3 Å². The summed E-state index contributed by atoms with van der Waals surface area (Å²) in [5.41, 5.74) is 4.36. The molecule has 1 N–H and O–H groups in total. The number of amides is 1. The van der Waals surface area contributed by atoms with Crippen molar-refractivity contribution in [2.45, 2.75) is 26.9 Å². The minimum atomic E-state index is -0.405. The molecule has 0 aliphatic rings. The summed E-state index contributed by atoms with van der Waals surface area (Å²) in [6.45, 7) is 5.21. The Morgan fingerprint density at radius 1 is 1.17 bits per heavy atom. The molecule has 0 aliphatic heterocycles. The number of carbonyl (C=O) groups excluding carboxylic acids is 1. The number of anilines is 1. The number of hydrogen-bond acceptors (Lipinski definition) is 5. The molecule has 4 aromatic heterocycles. The van der Waals surface area contributed by atoms with Crippen LogP contribution in [0, 0.1) is 6.92 Å². The van der Waals surface area contributed by atoms with Crippen LogP contribution in [0.5, 0.6) is 0 Å². The number of aromatic nitrogens is 7. The van der Waals surface area contributed by atoms with Crippen molar-refractivity contribution in [1.29, 1.82) is 0 Å². The summed E-state index contributed by atoms with van der Waals surface area (Å²) >= 11 is 15.7. The van der Waals surface area contributed by atoms with E-state index in [0.29, 0.717) is 32.5 Å². The minimum Gasteiger partial charge on any atom is -0.303 e. The topological polar surface area (TPSA) is 94.9 Å². The molecule has 0 bridgehead atoms. The normalized spacial score (nSPS) is 11.3. The first-order chi connectivity index (χ1) is 16.8. The van der Waals surface area contributed by atoms with Crippen LogP contribution in [0.2, 0.25) is 10.0 Å². The second-order valence-corrected chi connectivity index (χ2v) is 9.50. The van der Waals surface area contributed by atoms with Gasteiger partial charge in [0.1, 0.15) is 0 Å². The van der Waals surface area contributed by atoms with Gasteiger partial charge in [0.2, 0.25) is 0 Å². The van der Waals surface area contributed by atoms with Crippen molar-refractivity contribution in [3.8, 4) is 11.3 Å². The Morgan fingerprint density at radius 3 is 2.74 bits per heavy atom. The van der Waals surface area contributed by atoms with Crippen molar-refractivity contribution in [2.24, 2.45) is 0 Å². The highest BCUT2D eigenvalue weighted by Gasteiger charge is 2.19. The number of fused-ring (bicyclic) bond motifs is 1. The SMILES string of the molecule is CCn1ncc(-c2ccnc3cc(C(=O)Nc4nn(Cc5ccc(Cl)cc5Cl)cc4Br)nn23)c1C. The summed E-state index contributed by atoms with van der Waals surface area (Å²) < 4.78 is 5.85. The minimum absolute atomic E-state index is 0.215. The highest BCUT2D eigenvalue weighted by molar-refractivity contribution is 9.10. The number of aryl methyl sites for hydroxylation is 1. The highest BCUT2D eigenvalue weighted by Crippen LogP contribution is 2.26. The number of nitrogens with one attached hydrogen (secondary N) is 1. The van der Waals surface area contributed by atoms with E-state index in [2.05, 4.69) is 41.5 Å². The average Bonchev–Trinajstić information content (AvgIpc) is 3.52. The zero-order chi connectivity index (χ0) is 24.7. The molecule has 0 atom stereocenters. The lowest BCUT2D eigenvalue weighted by Gasteiger charge is -2.05. The lowest BCUT2D eigenvalue weighted by molar-refractivity contribution is 0.102. The van der Waals surface area contributed by atoms with E-state index in [4.69, 9.17) is 23.2 Å². The van der Waals surface area contributed by atoms with E-state index < -0.39 is 5.91 Å². The summed E-state index contributed by atoms with van der Waals surface area (Å²) in [7, 11) is 0. The molecule has 0 saturated heterocycles. The monoisotopic (exact) mass is 572 g/mol. The van der Waals surface area contributed by atoms with Crippen molar-refractivity contribution in [3.63, 3.8) is 0 Å². The molecule has 12 heteroatoms. The van der Waals surface area contributed by atoms with Crippen molar-refractivity contribution < 1.29 is 4.79 Å². The standard InChI is InChI=1S/C23H19BrCl2N8O/c1-3-33-13(2)16(10-28-33)20-6-7-27-21-9-19(30-34(20)21)23(35)29-22-17(24)12-32(31-22)11-14-4-5-15(25)8-18(14)26/h4-10,12H,3,11H2,1-2H3,(H,29,31,35). The largest absolute Gasteiger partial charge is 0.303 e. The Balaban J connectivity index is 1.40. The fourth-order valence-corrected chi connectivity index (χ4v) is 4.67. The third-order valence-corrected chi connectivity index (χ3v) is 6.73. The van der Waals surface area contributed by atoms with Crippen LogP contribution in [-0.4, -0.2) is 40.1 Å². The lowest BCUT2D eigenvalue weighted by Crippen LogP contribution is -2.14. The van der Waals surface area contributed by atoms with E-state index in [0.717, 1.165) is 29.1 Å². The van der Waals surface area contributed by atoms with Crippen LogP contribution in [0.15, 0.2) is 53.4 Å². The molecule has 1 amide bonds. The van der Waals surface area contributed by atoms with Gasteiger partial charge in [0.25, 0.3) is 5.91 Å². The van der Waals surface area contributed by atoms with E-state index in [1.807, 2.05) is 30.7 Å². The first-order valence-electron chi connectivity index (χ1n) is 10.7. The summed E-state index contributed by atoms with van der Waals surface area (Å²) in [6.07, 6.45) is 5.25. The van der Waals surface area contributed by atoms with Crippen molar-refractivity contribution >= 4 is 56.5 Å². The van der Waals surface area contributed by atoms with Crippen LogP contribution >= 0.6 is 39.1 Å². The molecule has 0 unspecified atom stereocenters. The maximum absolute atomic E-state index is 13.0. The predicted molar refractivity (Wildman–Crippen MR) is 138 cm³/mol. The maximum atomic E-state index is 13.0. The number of benzene rings is 1. The summed E-state index contributed by atoms with van der Waals surface area (Å²) in [5.74, 6) is -0.0386. The van der Waals surface area contributed by atoms with Gasteiger partial charge in [0, 0.05) is 46.3 Å². The van der Waals surface area contributed by atoms with E-state index in [1.165, 1.54) is 0 Å². The van der Waals surface area contributed by atoms with E-state index in [-0.39, 0.29) is 5.69 Å². The molecule has 35 heavy (non-hydrogen) atoms. The van der Waals surface area contributed by atoms with Gasteiger partial charge >= 0.3 is 0 Å². The summed E-state index contributed by atoms with van der Waals surface area (Å²) in [4.78, 5) is 17.4. The quantitative estimate of drug-likeness (QED) is 0.290. The van der Waals surface area contributed by atoms with Crippen LogP contribution in [0.25, 0.3) is 16.9 Å². The number of carbonyl (C=O) groups is 1. The van der Waals surface area contributed by atoms with E-state index >= 15 is 0 Å². The van der Waals surface area contributed by atoms with Crippen LogP contribution in [-0.2, 0) is 13.1 Å². The van der Waals surface area contributed by atoms with Gasteiger partial charge in [0.05, 0.1) is 22.9 Å². The zero-order valence-electron chi connectivity index (χ0n) is 18.7. The summed E-state index contributed by atoms with van der Waals surface area (Å²) in [5, 5.41) is 17.3. The van der Waals surface area contributed by atoms with Crippen LogP contribution in [0.1, 0.15) is 28.7 Å². The fraction of sp³-hybridized carbons (Fsp3) is 0.174. The van der Waals surface area contributed by atoms with Gasteiger partial charge in [-0.3, -0.25) is 14.2 Å². The average molecular weight is 574 g/mol. The van der Waals surface area contributed by atoms with Gasteiger partial charge in [0.15, 0.2) is 17.2 Å². The predicted octanol–water partition coefficient (Wildman–Crippen LogP) is 5.49. The molecule has 4 heterocycles. The number of halogens is 3. The Bertz CT molecular complexity index is 1570. The second kappa shape index (κ2) is 9.44. The molecule has 5 rings (SSSR count). The Hall–Kier alpha value is -3.21. The van der Waals surface area contributed by atoms with Crippen molar-refractivity contribution in [3.05, 3.63) is 80.4 Å².